The molecule has 1 atom stereocenters. The van der Waals surface area contributed by atoms with Gasteiger partial charge < -0.3 is 8.98 Å². The Bertz CT molecular complexity index is 1380. The molecule has 0 fully saturated rings. The average Bonchev–Trinajstić information content (AvgIpc) is 3.12. The zero-order chi connectivity index (χ0) is 22.2. The normalized spacial score (nSPS) is 13.4. The van der Waals surface area contributed by atoms with Crippen LogP contribution in [-0.4, -0.2) is 12.8 Å². The van der Waals surface area contributed by atoms with E-state index in [4.69, 9.17) is 4.42 Å². The van der Waals surface area contributed by atoms with E-state index < -0.39 is 7.14 Å². The topological polar surface area (TPSA) is 57.9 Å². The molecule has 0 N–H and O–H groups in total. The minimum Gasteiger partial charge on any atom is -0.454 e. The van der Waals surface area contributed by atoms with Gasteiger partial charge in [-0.25, -0.2) is 4.57 Å². The van der Waals surface area contributed by atoms with E-state index in [1.54, 1.807) is 12.7 Å². The van der Waals surface area contributed by atoms with Crippen molar-refractivity contribution in [2.75, 3.05) is 12.8 Å². The number of rotatable bonds is 6. The van der Waals surface area contributed by atoms with E-state index in [1.165, 1.54) is 0 Å². The summed E-state index contributed by atoms with van der Waals surface area (Å²) in [5, 5.41) is 12.3. The number of unbranched alkanes of at least 4 members (excludes halogenated alkanes) is 2. The van der Waals surface area contributed by atoms with Crippen LogP contribution in [0.2, 0.25) is 0 Å². The van der Waals surface area contributed by atoms with E-state index >= 15 is 0 Å². The minimum atomic E-state index is -2.76. The van der Waals surface area contributed by atoms with Crippen LogP contribution in [0.15, 0.2) is 53.1 Å². The van der Waals surface area contributed by atoms with Crippen molar-refractivity contribution >= 4 is 34.4 Å². The summed E-state index contributed by atoms with van der Waals surface area (Å²) in [6, 6.07) is 16.2. The SMILES string of the molecule is CCCCCP(C)(=O)c1c(C#N)ccc2c1oc1c(-c3cccc[n+]3C)c(C)ccc12. The molecular formula is C26H28N2O2P+. The number of hydrogen-bond donors (Lipinski definition) is 0. The van der Waals surface area contributed by atoms with Crippen molar-refractivity contribution in [1.82, 2.24) is 0 Å². The first-order valence-corrected chi connectivity index (χ1v) is 13.1. The Balaban J connectivity index is 2.05. The number of pyridine rings is 1. The van der Waals surface area contributed by atoms with Gasteiger partial charge >= 0.3 is 0 Å². The molecule has 0 spiro atoms. The van der Waals surface area contributed by atoms with Gasteiger partial charge in [0.1, 0.15) is 31.4 Å². The number of nitriles is 1. The summed E-state index contributed by atoms with van der Waals surface area (Å²) in [7, 11) is -0.742. The van der Waals surface area contributed by atoms with Crippen LogP contribution in [-0.2, 0) is 11.6 Å². The second-order valence-electron chi connectivity index (χ2n) is 8.41. The second kappa shape index (κ2) is 8.33. The molecule has 0 radical (unpaired) electrons. The number of fused-ring (bicyclic) bond motifs is 3. The highest BCUT2D eigenvalue weighted by molar-refractivity contribution is 7.71. The van der Waals surface area contributed by atoms with Crippen molar-refractivity contribution in [1.29, 1.82) is 5.26 Å². The largest absolute Gasteiger partial charge is 0.454 e. The van der Waals surface area contributed by atoms with Crippen LogP contribution in [0.5, 0.6) is 0 Å². The third kappa shape index (κ3) is 3.68. The van der Waals surface area contributed by atoms with Crippen molar-refractivity contribution < 1.29 is 13.5 Å². The average molecular weight is 431 g/mol. The first-order valence-electron chi connectivity index (χ1n) is 10.8. The molecule has 0 bridgehead atoms. The molecule has 4 nitrogen and oxygen atoms in total. The molecule has 0 saturated heterocycles. The number of aryl methyl sites for hydroxylation is 2. The lowest BCUT2D eigenvalue weighted by atomic mass is 10.0. The highest BCUT2D eigenvalue weighted by Crippen LogP contribution is 2.46. The van der Waals surface area contributed by atoms with Crippen molar-refractivity contribution in [2.24, 2.45) is 7.05 Å². The third-order valence-electron chi connectivity index (χ3n) is 6.08. The molecule has 2 aromatic carbocycles. The molecule has 1 unspecified atom stereocenters. The van der Waals surface area contributed by atoms with Crippen LogP contribution in [0, 0.1) is 18.3 Å². The molecule has 2 heterocycles. The summed E-state index contributed by atoms with van der Waals surface area (Å²) in [6.45, 7) is 6.01. The molecule has 158 valence electrons. The maximum atomic E-state index is 13.8. The monoisotopic (exact) mass is 431 g/mol. The van der Waals surface area contributed by atoms with Crippen LogP contribution >= 0.6 is 7.14 Å². The van der Waals surface area contributed by atoms with Crippen molar-refractivity contribution in [3.05, 3.63) is 59.8 Å². The third-order valence-corrected chi connectivity index (χ3v) is 8.64. The first-order chi connectivity index (χ1) is 14.9. The van der Waals surface area contributed by atoms with Crippen LogP contribution < -0.4 is 9.87 Å². The number of benzene rings is 2. The van der Waals surface area contributed by atoms with Gasteiger partial charge in [0.2, 0.25) is 5.69 Å². The van der Waals surface area contributed by atoms with Gasteiger partial charge in [-0.3, -0.25) is 0 Å². The number of aromatic nitrogens is 1. The molecule has 0 aliphatic rings. The van der Waals surface area contributed by atoms with Gasteiger partial charge in [0.25, 0.3) is 0 Å². The lowest BCUT2D eigenvalue weighted by Gasteiger charge is -2.15. The molecule has 4 rings (SSSR count). The Morgan fingerprint density at radius 3 is 2.52 bits per heavy atom. The van der Waals surface area contributed by atoms with Crippen molar-refractivity contribution in [3.8, 4) is 17.3 Å². The van der Waals surface area contributed by atoms with Gasteiger partial charge in [0.05, 0.1) is 16.4 Å². The van der Waals surface area contributed by atoms with E-state index in [0.717, 1.165) is 52.4 Å². The first kappa shape index (κ1) is 21.3. The van der Waals surface area contributed by atoms with E-state index in [2.05, 4.69) is 42.7 Å². The zero-order valence-electron chi connectivity index (χ0n) is 18.6. The Hall–Kier alpha value is -2.89. The molecule has 0 aliphatic carbocycles. The molecule has 4 aromatic rings. The van der Waals surface area contributed by atoms with Crippen LogP contribution in [0.3, 0.4) is 0 Å². The molecular weight excluding hydrogens is 403 g/mol. The maximum Gasteiger partial charge on any atom is 0.216 e. The van der Waals surface area contributed by atoms with E-state index in [1.807, 2.05) is 31.4 Å². The molecule has 2 aromatic heterocycles. The molecule has 0 amide bonds. The van der Waals surface area contributed by atoms with Crippen molar-refractivity contribution in [3.63, 3.8) is 0 Å². The number of furan rings is 1. The maximum absolute atomic E-state index is 13.8. The highest BCUT2D eigenvalue weighted by atomic mass is 31.2. The fraction of sp³-hybridized carbons (Fsp3) is 0.308. The quantitative estimate of drug-likeness (QED) is 0.212. The van der Waals surface area contributed by atoms with Crippen LogP contribution in [0.1, 0.15) is 37.3 Å². The summed E-state index contributed by atoms with van der Waals surface area (Å²) in [4.78, 5) is 0. The van der Waals surface area contributed by atoms with Crippen LogP contribution in [0.25, 0.3) is 33.2 Å². The number of hydrogen-bond acceptors (Lipinski definition) is 3. The lowest BCUT2D eigenvalue weighted by molar-refractivity contribution is -0.660. The Morgan fingerprint density at radius 2 is 1.81 bits per heavy atom. The van der Waals surface area contributed by atoms with Gasteiger partial charge in [-0.1, -0.05) is 31.9 Å². The summed E-state index contributed by atoms with van der Waals surface area (Å²) < 4.78 is 22.4. The predicted octanol–water partition coefficient (Wildman–Crippen LogP) is 6.07. The fourth-order valence-electron chi connectivity index (χ4n) is 4.42. The summed E-state index contributed by atoms with van der Waals surface area (Å²) in [5.41, 5.74) is 5.02. The Labute approximate surface area is 183 Å². The molecule has 5 heteroatoms. The molecule has 0 aliphatic heterocycles. The van der Waals surface area contributed by atoms with Gasteiger partial charge in [0, 0.05) is 29.1 Å². The summed E-state index contributed by atoms with van der Waals surface area (Å²) in [5.74, 6) is 0. The summed E-state index contributed by atoms with van der Waals surface area (Å²) in [6.07, 6.45) is 5.59. The standard InChI is InChI=1S/C26H28N2O2P/c1-5-6-9-16-31(4,29)26-19(17-27)12-14-21-20-13-11-18(2)23(24(20)30-25(21)26)22-10-7-8-15-28(22)3/h7-8,10-15H,5-6,9,16H2,1-4H3/q+1. The molecule has 0 saturated carbocycles. The summed E-state index contributed by atoms with van der Waals surface area (Å²) >= 11 is 0. The lowest BCUT2D eigenvalue weighted by Crippen LogP contribution is -2.30. The Kier molecular flexibility index (Phi) is 5.73. The second-order valence-corrected chi connectivity index (χ2v) is 11.5. The van der Waals surface area contributed by atoms with Gasteiger partial charge in [-0.15, -0.1) is 0 Å². The van der Waals surface area contributed by atoms with E-state index in [9.17, 15) is 9.83 Å². The van der Waals surface area contributed by atoms with Gasteiger partial charge in [-0.05, 0) is 43.8 Å². The zero-order valence-corrected chi connectivity index (χ0v) is 19.5. The smallest absolute Gasteiger partial charge is 0.216 e. The van der Waals surface area contributed by atoms with E-state index in [-0.39, 0.29) is 0 Å². The van der Waals surface area contributed by atoms with Crippen molar-refractivity contribution in [2.45, 2.75) is 33.1 Å². The van der Waals surface area contributed by atoms with E-state index in [0.29, 0.717) is 22.6 Å². The fourth-order valence-corrected chi connectivity index (χ4v) is 6.70. The van der Waals surface area contributed by atoms with Gasteiger partial charge in [-0.2, -0.15) is 5.26 Å². The van der Waals surface area contributed by atoms with Gasteiger partial charge in [0.15, 0.2) is 6.20 Å². The number of nitrogens with zero attached hydrogens (tertiary/aromatic N) is 2. The highest BCUT2D eigenvalue weighted by Gasteiger charge is 2.29. The predicted molar refractivity (Wildman–Crippen MR) is 127 cm³/mol. The van der Waals surface area contributed by atoms with Crippen LogP contribution in [0.4, 0.5) is 0 Å². The molecule has 31 heavy (non-hydrogen) atoms. The minimum absolute atomic E-state index is 0.456. The Morgan fingerprint density at radius 1 is 1.06 bits per heavy atom.